The lowest BCUT2D eigenvalue weighted by Gasteiger charge is -2.27. The summed E-state index contributed by atoms with van der Waals surface area (Å²) in [5, 5.41) is 3.25. The van der Waals surface area contributed by atoms with Gasteiger partial charge in [0.25, 0.3) is 11.8 Å². The Morgan fingerprint density at radius 2 is 1.79 bits per heavy atom. The van der Waals surface area contributed by atoms with Crippen LogP contribution in [0.3, 0.4) is 0 Å². The third-order valence-electron chi connectivity index (χ3n) is 4.38. The van der Waals surface area contributed by atoms with Crippen LogP contribution in [0.25, 0.3) is 0 Å². The van der Waals surface area contributed by atoms with E-state index >= 15 is 0 Å². The third-order valence-corrected chi connectivity index (χ3v) is 4.38. The minimum absolute atomic E-state index is 0.0633. The standard InChI is InChI=1S/C20H23N3O3.C2H6/c21-19(24)17-6-1-2-7-18(17)26-13-8-15-4-3-5-16(14-15)20(25)23-11-9-22-10-12-23;1-2/h1-7,14,22H,8-13H2,(H2,21,24);1-2H3. The van der Waals surface area contributed by atoms with Crippen molar-refractivity contribution in [3.63, 3.8) is 0 Å². The maximum absolute atomic E-state index is 12.6. The lowest BCUT2D eigenvalue weighted by Crippen LogP contribution is -2.46. The first-order chi connectivity index (χ1) is 13.6. The summed E-state index contributed by atoms with van der Waals surface area (Å²) in [5.41, 5.74) is 7.44. The van der Waals surface area contributed by atoms with Gasteiger partial charge in [-0.1, -0.05) is 38.1 Å². The number of carbonyl (C=O) groups is 2. The van der Waals surface area contributed by atoms with Crippen LogP contribution in [-0.2, 0) is 6.42 Å². The van der Waals surface area contributed by atoms with Crippen molar-refractivity contribution in [3.05, 3.63) is 65.2 Å². The van der Waals surface area contributed by atoms with Crippen molar-refractivity contribution in [3.8, 4) is 5.75 Å². The molecule has 3 rings (SSSR count). The van der Waals surface area contributed by atoms with Crippen LogP contribution in [0, 0.1) is 0 Å². The van der Waals surface area contributed by atoms with Crippen molar-refractivity contribution in [2.75, 3.05) is 32.8 Å². The van der Waals surface area contributed by atoms with Crippen LogP contribution < -0.4 is 15.8 Å². The number of primary amides is 1. The Kier molecular flexibility index (Phi) is 8.49. The summed E-state index contributed by atoms with van der Waals surface area (Å²) in [5.74, 6) is 0.0330. The molecule has 1 heterocycles. The molecule has 2 aromatic rings. The lowest BCUT2D eigenvalue weighted by molar-refractivity contribution is 0.0735. The molecule has 2 aromatic carbocycles. The fourth-order valence-electron chi connectivity index (χ4n) is 2.99. The van der Waals surface area contributed by atoms with Crippen molar-refractivity contribution in [1.82, 2.24) is 10.2 Å². The lowest BCUT2D eigenvalue weighted by atomic mass is 10.1. The normalized spacial score (nSPS) is 13.3. The van der Waals surface area contributed by atoms with Crippen LogP contribution in [0.2, 0.25) is 0 Å². The van der Waals surface area contributed by atoms with Crippen molar-refractivity contribution in [2.24, 2.45) is 5.73 Å². The summed E-state index contributed by atoms with van der Waals surface area (Å²) in [4.78, 5) is 25.9. The molecule has 1 aliphatic heterocycles. The summed E-state index contributed by atoms with van der Waals surface area (Å²) in [6.07, 6.45) is 0.635. The molecule has 0 saturated carbocycles. The van der Waals surface area contributed by atoms with Crippen molar-refractivity contribution >= 4 is 11.8 Å². The first-order valence-corrected chi connectivity index (χ1v) is 9.76. The highest BCUT2D eigenvalue weighted by molar-refractivity contribution is 5.95. The first kappa shape index (κ1) is 21.4. The smallest absolute Gasteiger partial charge is 0.253 e. The quantitative estimate of drug-likeness (QED) is 0.803. The van der Waals surface area contributed by atoms with Gasteiger partial charge < -0.3 is 20.7 Å². The zero-order valence-corrected chi connectivity index (χ0v) is 16.6. The number of nitrogens with zero attached hydrogens (tertiary/aromatic N) is 1. The molecule has 0 aliphatic carbocycles. The Morgan fingerprint density at radius 3 is 2.50 bits per heavy atom. The second kappa shape index (κ2) is 11.1. The monoisotopic (exact) mass is 383 g/mol. The van der Waals surface area contributed by atoms with E-state index in [1.165, 1.54) is 0 Å². The topological polar surface area (TPSA) is 84.7 Å². The Balaban J connectivity index is 0.00000136. The molecule has 0 radical (unpaired) electrons. The van der Waals surface area contributed by atoms with Gasteiger partial charge in [-0.25, -0.2) is 0 Å². The van der Waals surface area contributed by atoms with E-state index in [4.69, 9.17) is 10.5 Å². The van der Waals surface area contributed by atoms with Crippen LogP contribution in [0.5, 0.6) is 5.75 Å². The maximum atomic E-state index is 12.6. The minimum Gasteiger partial charge on any atom is -0.492 e. The Hall–Kier alpha value is -2.86. The van der Waals surface area contributed by atoms with E-state index in [1.807, 2.05) is 43.0 Å². The molecule has 0 unspecified atom stereocenters. The molecule has 6 nitrogen and oxygen atoms in total. The van der Waals surface area contributed by atoms with Crippen LogP contribution in [0.15, 0.2) is 48.5 Å². The molecule has 0 bridgehead atoms. The van der Waals surface area contributed by atoms with Crippen LogP contribution in [-0.4, -0.2) is 49.5 Å². The number of rotatable bonds is 6. The van der Waals surface area contributed by atoms with E-state index in [-0.39, 0.29) is 5.91 Å². The number of nitrogens with two attached hydrogens (primary N) is 1. The molecular formula is C22H29N3O3. The van der Waals surface area contributed by atoms with E-state index in [0.29, 0.717) is 29.9 Å². The number of carbonyl (C=O) groups excluding carboxylic acids is 2. The summed E-state index contributed by atoms with van der Waals surface area (Å²) in [6, 6.07) is 14.5. The Labute approximate surface area is 166 Å². The fourth-order valence-corrected chi connectivity index (χ4v) is 2.99. The number of para-hydroxylation sites is 1. The van der Waals surface area contributed by atoms with Gasteiger partial charge in [-0.3, -0.25) is 9.59 Å². The van der Waals surface area contributed by atoms with Crippen molar-refractivity contribution in [2.45, 2.75) is 20.3 Å². The molecule has 1 aliphatic rings. The van der Waals surface area contributed by atoms with Crippen LogP contribution >= 0.6 is 0 Å². The highest BCUT2D eigenvalue weighted by atomic mass is 16.5. The van der Waals surface area contributed by atoms with Gasteiger partial charge >= 0.3 is 0 Å². The SMILES string of the molecule is CC.NC(=O)c1ccccc1OCCc1cccc(C(=O)N2CCNCC2)c1. The molecule has 2 amide bonds. The maximum Gasteiger partial charge on any atom is 0.253 e. The van der Waals surface area contributed by atoms with Gasteiger partial charge in [0, 0.05) is 38.2 Å². The van der Waals surface area contributed by atoms with Crippen molar-refractivity contribution in [1.29, 1.82) is 0 Å². The largest absolute Gasteiger partial charge is 0.492 e. The van der Waals surface area contributed by atoms with Gasteiger partial charge in [0.15, 0.2) is 0 Å². The van der Waals surface area contributed by atoms with E-state index in [2.05, 4.69) is 5.32 Å². The summed E-state index contributed by atoms with van der Waals surface area (Å²) in [6.45, 7) is 7.53. The number of hydrogen-bond acceptors (Lipinski definition) is 4. The predicted molar refractivity (Wildman–Crippen MR) is 111 cm³/mol. The minimum atomic E-state index is -0.510. The molecule has 0 aromatic heterocycles. The highest BCUT2D eigenvalue weighted by Gasteiger charge is 2.18. The molecule has 0 atom stereocenters. The zero-order valence-electron chi connectivity index (χ0n) is 16.6. The second-order valence-electron chi connectivity index (χ2n) is 6.20. The van der Waals surface area contributed by atoms with Gasteiger partial charge in [-0.15, -0.1) is 0 Å². The summed E-state index contributed by atoms with van der Waals surface area (Å²) >= 11 is 0. The van der Waals surface area contributed by atoms with Gasteiger partial charge in [0.2, 0.25) is 0 Å². The fraction of sp³-hybridized carbons (Fsp3) is 0.364. The van der Waals surface area contributed by atoms with E-state index in [0.717, 1.165) is 31.7 Å². The van der Waals surface area contributed by atoms with Crippen LogP contribution in [0.4, 0.5) is 0 Å². The highest BCUT2D eigenvalue weighted by Crippen LogP contribution is 2.18. The van der Waals surface area contributed by atoms with E-state index in [1.54, 1.807) is 24.3 Å². The van der Waals surface area contributed by atoms with Gasteiger partial charge in [0.05, 0.1) is 12.2 Å². The first-order valence-electron chi connectivity index (χ1n) is 9.76. The number of benzene rings is 2. The number of ether oxygens (including phenoxy) is 1. The van der Waals surface area contributed by atoms with Gasteiger partial charge in [-0.2, -0.15) is 0 Å². The molecule has 150 valence electrons. The number of hydrogen-bond donors (Lipinski definition) is 2. The average Bonchev–Trinajstić information content (AvgIpc) is 2.76. The number of piperazine rings is 1. The average molecular weight is 383 g/mol. The molecule has 28 heavy (non-hydrogen) atoms. The molecule has 3 N–H and O–H groups in total. The molecule has 6 heteroatoms. The Bertz CT molecular complexity index is 786. The molecule has 1 saturated heterocycles. The van der Waals surface area contributed by atoms with E-state index in [9.17, 15) is 9.59 Å². The number of amides is 2. The number of nitrogens with one attached hydrogen (secondary N) is 1. The third kappa shape index (κ3) is 5.82. The zero-order chi connectivity index (χ0) is 20.4. The molecule has 0 spiro atoms. The molecular weight excluding hydrogens is 354 g/mol. The van der Waals surface area contributed by atoms with Gasteiger partial charge in [-0.05, 0) is 29.8 Å². The van der Waals surface area contributed by atoms with E-state index < -0.39 is 5.91 Å². The predicted octanol–water partition coefficient (Wildman–Crippen LogP) is 2.48. The van der Waals surface area contributed by atoms with Gasteiger partial charge in [0.1, 0.15) is 5.75 Å². The van der Waals surface area contributed by atoms with Crippen LogP contribution in [0.1, 0.15) is 40.1 Å². The van der Waals surface area contributed by atoms with Crippen molar-refractivity contribution < 1.29 is 14.3 Å². The molecule has 1 fully saturated rings. The summed E-state index contributed by atoms with van der Waals surface area (Å²) in [7, 11) is 0. The second-order valence-corrected chi connectivity index (χ2v) is 6.20. The summed E-state index contributed by atoms with van der Waals surface area (Å²) < 4.78 is 5.71. The Morgan fingerprint density at radius 1 is 1.07 bits per heavy atom.